The summed E-state index contributed by atoms with van der Waals surface area (Å²) in [6.45, 7) is 2.02. The van der Waals surface area contributed by atoms with Gasteiger partial charge in [-0.2, -0.15) is 8.42 Å². The van der Waals surface area contributed by atoms with Crippen molar-refractivity contribution in [1.82, 2.24) is 0 Å². The van der Waals surface area contributed by atoms with E-state index in [0.29, 0.717) is 0 Å². The van der Waals surface area contributed by atoms with Crippen LogP contribution in [0, 0.1) is 0 Å². The van der Waals surface area contributed by atoms with Gasteiger partial charge in [-0.25, -0.2) is 0 Å². The summed E-state index contributed by atoms with van der Waals surface area (Å²) < 4.78 is 31.6. The van der Waals surface area contributed by atoms with Gasteiger partial charge in [0.15, 0.2) is 0 Å². The van der Waals surface area contributed by atoms with E-state index in [4.69, 9.17) is 23.3 Å². The van der Waals surface area contributed by atoms with Gasteiger partial charge < -0.3 is 5.73 Å². The Bertz CT molecular complexity index is 358. The van der Waals surface area contributed by atoms with Crippen molar-refractivity contribution in [3.05, 3.63) is 35.9 Å². The smallest absolute Gasteiger partial charge is 0.328 e. The van der Waals surface area contributed by atoms with Gasteiger partial charge in [0.05, 0.1) is 0 Å². The summed E-state index contributed by atoms with van der Waals surface area (Å²) in [5.41, 5.74) is 6.94. The fourth-order valence-corrected chi connectivity index (χ4v) is 0.986. The topological polar surface area (TPSA) is 101 Å². The molecule has 0 aliphatic carbocycles. The molecule has 1 aromatic rings. The molecule has 0 unspecified atom stereocenters. The molecule has 0 fully saturated rings. The molecule has 0 saturated carbocycles. The van der Waals surface area contributed by atoms with E-state index in [-0.39, 0.29) is 23.1 Å². The first-order valence-corrected chi connectivity index (χ1v) is 5.68. The molecule has 0 aromatic heterocycles. The summed E-state index contributed by atoms with van der Waals surface area (Å²) in [7, 11) is -4.67. The summed E-state index contributed by atoms with van der Waals surface area (Å²) in [5, 5.41) is 0. The average molecular weight is 289 g/mol. The first-order valence-electron chi connectivity index (χ1n) is 4.28. The molecule has 1 aromatic carbocycles. The molecule has 0 radical (unpaired) electrons. The zero-order chi connectivity index (χ0) is 11.9. The number of benzene rings is 1. The van der Waals surface area contributed by atoms with Gasteiger partial charge >= 0.3 is 10.4 Å². The minimum absolute atomic E-state index is 0. The minimum Gasteiger partial charge on any atom is -0.328 e. The Morgan fingerprint density at radius 3 is 1.94 bits per heavy atom. The Hall–Kier alpha value is -0.431. The van der Waals surface area contributed by atoms with E-state index in [2.05, 4.69) is 12.1 Å². The molecule has 1 atom stereocenters. The van der Waals surface area contributed by atoms with Crippen molar-refractivity contribution in [3.63, 3.8) is 0 Å². The third-order valence-corrected chi connectivity index (χ3v) is 1.40. The quantitative estimate of drug-likeness (QED) is 0.555. The second-order valence-electron chi connectivity index (χ2n) is 3.11. The largest absolute Gasteiger partial charge is 0.394 e. The van der Waals surface area contributed by atoms with Gasteiger partial charge in [-0.3, -0.25) is 9.11 Å². The van der Waals surface area contributed by atoms with Gasteiger partial charge in [0, 0.05) is 23.1 Å². The second kappa shape index (κ2) is 8.69. The molecule has 1 rings (SSSR count). The third-order valence-electron chi connectivity index (χ3n) is 1.40. The van der Waals surface area contributed by atoms with E-state index >= 15 is 0 Å². The van der Waals surface area contributed by atoms with Crippen LogP contribution >= 0.6 is 0 Å². The second-order valence-corrected chi connectivity index (χ2v) is 4.01. The Labute approximate surface area is 106 Å². The Morgan fingerprint density at radius 2 is 1.62 bits per heavy atom. The van der Waals surface area contributed by atoms with Crippen LogP contribution in [0.3, 0.4) is 0 Å². The number of hydrogen-bond donors (Lipinski definition) is 3. The first-order chi connectivity index (χ1) is 6.79. The van der Waals surface area contributed by atoms with Crippen LogP contribution in [0.5, 0.6) is 0 Å². The van der Waals surface area contributed by atoms with Gasteiger partial charge in [0.25, 0.3) is 0 Å². The molecular weight excluding hydrogens is 274 g/mol. The van der Waals surface area contributed by atoms with Crippen LogP contribution in [0.1, 0.15) is 12.5 Å². The summed E-state index contributed by atoms with van der Waals surface area (Å²) in [5.74, 6) is 0. The number of rotatable bonds is 2. The van der Waals surface area contributed by atoms with Crippen molar-refractivity contribution < 1.29 is 34.6 Å². The molecule has 0 bridgehead atoms. The van der Waals surface area contributed by atoms with E-state index in [9.17, 15) is 0 Å². The predicted octanol–water partition coefficient (Wildman–Crippen LogP) is 0.921. The van der Waals surface area contributed by atoms with Crippen LogP contribution in [-0.2, 0) is 33.9 Å². The Morgan fingerprint density at radius 1 is 1.25 bits per heavy atom. The minimum atomic E-state index is -4.67. The van der Waals surface area contributed by atoms with Gasteiger partial charge in [-0.1, -0.05) is 30.3 Å². The van der Waals surface area contributed by atoms with Crippen LogP contribution in [0.2, 0.25) is 0 Å². The average Bonchev–Trinajstić information content (AvgIpc) is 2.01. The molecule has 0 saturated heterocycles. The van der Waals surface area contributed by atoms with Crippen LogP contribution in [0.4, 0.5) is 0 Å². The maximum Gasteiger partial charge on any atom is 0.394 e. The molecule has 0 aliphatic rings. The van der Waals surface area contributed by atoms with Crippen LogP contribution in [0.15, 0.2) is 30.3 Å². The molecule has 94 valence electrons. The molecule has 4 N–H and O–H groups in total. The summed E-state index contributed by atoms with van der Waals surface area (Å²) in [6, 6.07) is 10.6. The van der Waals surface area contributed by atoms with Crippen molar-refractivity contribution >= 4 is 10.4 Å². The number of nitrogens with two attached hydrogens (primary N) is 1. The molecule has 7 heteroatoms. The summed E-state index contributed by atoms with van der Waals surface area (Å²) in [6.07, 6.45) is 0.973. The van der Waals surface area contributed by atoms with Crippen molar-refractivity contribution in [2.75, 3.05) is 0 Å². The molecule has 5 nitrogen and oxygen atoms in total. The van der Waals surface area contributed by atoms with E-state index in [1.54, 1.807) is 0 Å². The van der Waals surface area contributed by atoms with Gasteiger partial charge in [-0.15, -0.1) is 0 Å². The third kappa shape index (κ3) is 16.0. The molecule has 0 heterocycles. The van der Waals surface area contributed by atoms with Crippen molar-refractivity contribution in [2.24, 2.45) is 5.73 Å². The molecule has 0 aliphatic heterocycles. The van der Waals surface area contributed by atoms with Gasteiger partial charge in [0.2, 0.25) is 0 Å². The molecule has 0 spiro atoms. The van der Waals surface area contributed by atoms with Gasteiger partial charge in [0.1, 0.15) is 0 Å². The van der Waals surface area contributed by atoms with E-state index < -0.39 is 10.4 Å². The molecular formula is C9H15FeNO4S. The SMILES string of the molecule is C[C@H](N)Cc1ccccc1.O=S(=O)(O)O.[Fe]. The van der Waals surface area contributed by atoms with Gasteiger partial charge in [-0.05, 0) is 18.9 Å². The summed E-state index contributed by atoms with van der Waals surface area (Å²) >= 11 is 0. The van der Waals surface area contributed by atoms with Crippen LogP contribution in [0.25, 0.3) is 0 Å². The zero-order valence-electron chi connectivity index (χ0n) is 8.72. The number of hydrogen-bond acceptors (Lipinski definition) is 3. The Balaban J connectivity index is 0. The maximum atomic E-state index is 8.74. The monoisotopic (exact) mass is 289 g/mol. The van der Waals surface area contributed by atoms with Crippen molar-refractivity contribution in [3.8, 4) is 0 Å². The Kier molecular flexibility index (Phi) is 9.75. The summed E-state index contributed by atoms with van der Waals surface area (Å²) in [4.78, 5) is 0. The van der Waals surface area contributed by atoms with Crippen molar-refractivity contribution in [1.29, 1.82) is 0 Å². The predicted molar refractivity (Wildman–Crippen MR) is 58.0 cm³/mol. The molecule has 0 amide bonds. The van der Waals surface area contributed by atoms with Crippen LogP contribution in [-0.4, -0.2) is 23.6 Å². The maximum absolute atomic E-state index is 8.74. The fraction of sp³-hybridized carbons (Fsp3) is 0.333. The normalized spacial score (nSPS) is 11.8. The van der Waals surface area contributed by atoms with E-state index in [1.807, 2.05) is 25.1 Å². The van der Waals surface area contributed by atoms with E-state index in [1.165, 1.54) is 5.56 Å². The zero-order valence-corrected chi connectivity index (χ0v) is 10.6. The molecule has 16 heavy (non-hydrogen) atoms. The fourth-order valence-electron chi connectivity index (χ4n) is 0.986. The van der Waals surface area contributed by atoms with Crippen LogP contribution < -0.4 is 5.73 Å². The van der Waals surface area contributed by atoms with Crippen molar-refractivity contribution in [2.45, 2.75) is 19.4 Å². The van der Waals surface area contributed by atoms with E-state index in [0.717, 1.165) is 6.42 Å². The standard InChI is InChI=1S/C9H13N.Fe.H2O4S/c1-8(10)7-9-5-3-2-4-6-9;;1-5(2,3)4/h2-6,8H,7,10H2,1H3;;(H2,1,2,3,4)/t8-;;/m0../s1. The first kappa shape index (κ1) is 17.9.